The van der Waals surface area contributed by atoms with E-state index in [1.54, 1.807) is 11.8 Å². The molecule has 1 aromatic heterocycles. The van der Waals surface area contributed by atoms with Gasteiger partial charge >= 0.3 is 0 Å². The van der Waals surface area contributed by atoms with Gasteiger partial charge in [0.15, 0.2) is 11.0 Å². The van der Waals surface area contributed by atoms with Crippen molar-refractivity contribution in [2.75, 3.05) is 11.9 Å². The fourth-order valence-electron chi connectivity index (χ4n) is 3.09. The Labute approximate surface area is 195 Å². The van der Waals surface area contributed by atoms with Crippen LogP contribution in [0.4, 0.5) is 5.69 Å². The van der Waals surface area contributed by atoms with E-state index in [9.17, 15) is 0 Å². The Morgan fingerprint density at radius 3 is 2.39 bits per heavy atom. The maximum Gasteiger partial charge on any atom is 0.196 e. The summed E-state index contributed by atoms with van der Waals surface area (Å²) >= 11 is 5.17. The average molecular weight is 495 g/mol. The van der Waals surface area contributed by atoms with Crippen molar-refractivity contribution in [3.05, 3.63) is 94.7 Å². The quantitative estimate of drug-likeness (QED) is 0.275. The topological polar surface area (TPSA) is 52.0 Å². The molecule has 7 heteroatoms. The first-order valence-corrected chi connectivity index (χ1v) is 11.8. The smallest absolute Gasteiger partial charge is 0.196 e. The highest BCUT2D eigenvalue weighted by Gasteiger charge is 2.14. The summed E-state index contributed by atoms with van der Waals surface area (Å²) in [6, 6.07) is 26.5. The summed E-state index contributed by atoms with van der Waals surface area (Å²) in [6.07, 6.45) is 0. The molecule has 0 aliphatic heterocycles. The highest BCUT2D eigenvalue weighted by molar-refractivity contribution is 9.10. The standard InChI is InChI=1S/C24H23BrN4OS/c1-2-30-22-14-12-20(13-15-22)26-16-23-27-28-24(29(23)21-6-4-3-5-7-21)31-17-18-8-10-19(25)11-9-18/h3-15,26H,2,16-17H2,1H3. The molecule has 0 spiro atoms. The van der Waals surface area contributed by atoms with Gasteiger partial charge in [-0.1, -0.05) is 58.0 Å². The minimum Gasteiger partial charge on any atom is -0.494 e. The lowest BCUT2D eigenvalue weighted by atomic mass is 10.2. The van der Waals surface area contributed by atoms with Gasteiger partial charge in [-0.2, -0.15) is 0 Å². The van der Waals surface area contributed by atoms with Crippen molar-refractivity contribution in [1.29, 1.82) is 0 Å². The molecular weight excluding hydrogens is 472 g/mol. The molecule has 0 saturated carbocycles. The number of ether oxygens (including phenoxy) is 1. The van der Waals surface area contributed by atoms with Crippen LogP contribution in [0.3, 0.4) is 0 Å². The predicted octanol–water partition coefficient (Wildman–Crippen LogP) is 6.33. The van der Waals surface area contributed by atoms with Gasteiger partial charge in [-0.15, -0.1) is 10.2 Å². The molecule has 0 atom stereocenters. The second-order valence-corrected chi connectivity index (χ2v) is 8.65. The molecule has 0 aliphatic carbocycles. The molecule has 5 nitrogen and oxygen atoms in total. The minimum atomic E-state index is 0.564. The van der Waals surface area contributed by atoms with Gasteiger partial charge in [-0.05, 0) is 61.0 Å². The molecule has 0 aliphatic rings. The van der Waals surface area contributed by atoms with Crippen LogP contribution in [0, 0.1) is 0 Å². The Morgan fingerprint density at radius 1 is 0.935 bits per heavy atom. The molecule has 4 aromatic rings. The number of hydrogen-bond acceptors (Lipinski definition) is 5. The molecule has 158 valence electrons. The lowest BCUT2D eigenvalue weighted by Gasteiger charge is -2.12. The van der Waals surface area contributed by atoms with Crippen LogP contribution in [-0.4, -0.2) is 21.4 Å². The lowest BCUT2D eigenvalue weighted by Crippen LogP contribution is -2.08. The summed E-state index contributed by atoms with van der Waals surface area (Å²) in [4.78, 5) is 0. The molecule has 0 fully saturated rings. The van der Waals surface area contributed by atoms with E-state index in [0.717, 1.165) is 38.3 Å². The molecule has 0 saturated heterocycles. The highest BCUT2D eigenvalue weighted by atomic mass is 79.9. The summed E-state index contributed by atoms with van der Waals surface area (Å²) in [5.74, 6) is 2.55. The van der Waals surface area contributed by atoms with Crippen LogP contribution >= 0.6 is 27.7 Å². The van der Waals surface area contributed by atoms with E-state index in [-0.39, 0.29) is 0 Å². The highest BCUT2D eigenvalue weighted by Crippen LogP contribution is 2.26. The van der Waals surface area contributed by atoms with Crippen molar-refractivity contribution in [2.45, 2.75) is 24.4 Å². The van der Waals surface area contributed by atoms with Crippen LogP contribution in [0.25, 0.3) is 5.69 Å². The fraction of sp³-hybridized carbons (Fsp3) is 0.167. The molecule has 0 amide bonds. The zero-order chi connectivity index (χ0) is 21.5. The normalized spacial score (nSPS) is 10.8. The van der Waals surface area contributed by atoms with Crippen molar-refractivity contribution >= 4 is 33.4 Å². The summed E-state index contributed by atoms with van der Waals surface area (Å²) in [7, 11) is 0. The monoisotopic (exact) mass is 494 g/mol. The minimum absolute atomic E-state index is 0.564. The van der Waals surface area contributed by atoms with Gasteiger partial charge in [0.05, 0.1) is 13.2 Å². The molecule has 0 bridgehead atoms. The van der Waals surface area contributed by atoms with Crippen LogP contribution in [0.15, 0.2) is 88.5 Å². The Bertz CT molecular complexity index is 1100. The second-order valence-electron chi connectivity index (χ2n) is 6.80. The van der Waals surface area contributed by atoms with E-state index in [2.05, 4.69) is 72.4 Å². The Hall–Kier alpha value is -2.77. The van der Waals surface area contributed by atoms with Crippen molar-refractivity contribution in [3.63, 3.8) is 0 Å². The molecule has 4 rings (SSSR count). The van der Waals surface area contributed by atoms with Crippen molar-refractivity contribution in [2.24, 2.45) is 0 Å². The van der Waals surface area contributed by atoms with Gasteiger partial charge in [-0.25, -0.2) is 0 Å². The molecule has 1 N–H and O–H groups in total. The van der Waals surface area contributed by atoms with E-state index in [4.69, 9.17) is 4.74 Å². The molecular formula is C24H23BrN4OS. The van der Waals surface area contributed by atoms with E-state index in [1.807, 2.05) is 49.4 Å². The summed E-state index contributed by atoms with van der Waals surface area (Å²) < 4.78 is 8.71. The van der Waals surface area contributed by atoms with Gasteiger partial charge in [0, 0.05) is 21.6 Å². The number of thioether (sulfide) groups is 1. The number of aromatic nitrogens is 3. The van der Waals surface area contributed by atoms with Crippen LogP contribution in [0.1, 0.15) is 18.3 Å². The molecule has 3 aromatic carbocycles. The number of nitrogens with one attached hydrogen (secondary N) is 1. The fourth-order valence-corrected chi connectivity index (χ4v) is 4.28. The molecule has 31 heavy (non-hydrogen) atoms. The van der Waals surface area contributed by atoms with Crippen LogP contribution < -0.4 is 10.1 Å². The van der Waals surface area contributed by atoms with E-state index in [0.29, 0.717) is 13.2 Å². The third-order valence-corrected chi connectivity index (χ3v) is 6.14. The van der Waals surface area contributed by atoms with Gasteiger partial charge in [0.2, 0.25) is 0 Å². The van der Waals surface area contributed by atoms with E-state index in [1.165, 1.54) is 5.56 Å². The third kappa shape index (κ3) is 5.68. The zero-order valence-corrected chi connectivity index (χ0v) is 19.6. The summed E-state index contributed by atoms with van der Waals surface area (Å²) in [5.41, 5.74) is 3.30. The first kappa shape index (κ1) is 21.5. The number of rotatable bonds is 9. The number of para-hydroxylation sites is 1. The van der Waals surface area contributed by atoms with Gasteiger partial charge in [-0.3, -0.25) is 4.57 Å². The molecule has 1 heterocycles. The lowest BCUT2D eigenvalue weighted by molar-refractivity contribution is 0.340. The van der Waals surface area contributed by atoms with Crippen LogP contribution in [0.2, 0.25) is 0 Å². The molecule has 0 radical (unpaired) electrons. The largest absolute Gasteiger partial charge is 0.494 e. The number of nitrogens with zero attached hydrogens (tertiary/aromatic N) is 3. The van der Waals surface area contributed by atoms with Gasteiger partial charge in [0.1, 0.15) is 5.75 Å². The van der Waals surface area contributed by atoms with Crippen molar-refractivity contribution in [3.8, 4) is 11.4 Å². The Morgan fingerprint density at radius 2 is 1.68 bits per heavy atom. The van der Waals surface area contributed by atoms with Crippen LogP contribution in [-0.2, 0) is 12.3 Å². The average Bonchev–Trinajstić information content (AvgIpc) is 3.22. The first-order valence-electron chi connectivity index (χ1n) is 10.1. The number of halogens is 1. The second kappa shape index (κ2) is 10.5. The van der Waals surface area contributed by atoms with E-state index < -0.39 is 0 Å². The maximum atomic E-state index is 5.51. The van der Waals surface area contributed by atoms with Crippen LogP contribution in [0.5, 0.6) is 5.75 Å². The third-order valence-electron chi connectivity index (χ3n) is 4.61. The number of hydrogen-bond donors (Lipinski definition) is 1. The van der Waals surface area contributed by atoms with Gasteiger partial charge in [0.25, 0.3) is 0 Å². The van der Waals surface area contributed by atoms with Crippen molar-refractivity contribution < 1.29 is 4.74 Å². The van der Waals surface area contributed by atoms with E-state index >= 15 is 0 Å². The molecule has 0 unspecified atom stereocenters. The SMILES string of the molecule is CCOc1ccc(NCc2nnc(SCc3ccc(Br)cc3)n2-c2ccccc2)cc1. The summed E-state index contributed by atoms with van der Waals surface area (Å²) in [6.45, 7) is 3.21. The number of anilines is 1. The first-order chi connectivity index (χ1) is 15.2. The van der Waals surface area contributed by atoms with Gasteiger partial charge < -0.3 is 10.1 Å². The number of benzene rings is 3. The zero-order valence-electron chi connectivity index (χ0n) is 17.2. The summed E-state index contributed by atoms with van der Waals surface area (Å²) in [5, 5.41) is 13.3. The van der Waals surface area contributed by atoms with Crippen molar-refractivity contribution in [1.82, 2.24) is 14.8 Å². The Balaban J connectivity index is 1.52. The Kier molecular flexibility index (Phi) is 7.27. The maximum absolute atomic E-state index is 5.51. The predicted molar refractivity (Wildman–Crippen MR) is 130 cm³/mol.